The molecule has 0 aliphatic heterocycles. The van der Waals surface area contributed by atoms with Gasteiger partial charge < -0.3 is 5.73 Å². The zero-order chi connectivity index (χ0) is 8.43. The van der Waals surface area contributed by atoms with Crippen LogP contribution in [-0.4, -0.2) is 4.98 Å². The van der Waals surface area contributed by atoms with Crippen LogP contribution in [0.2, 0.25) is 5.15 Å². The molecular weight excluding hydrogens is 202 g/mol. The summed E-state index contributed by atoms with van der Waals surface area (Å²) >= 11 is 5.36. The number of nitrogens with zero attached hydrogens (tertiary/aromatic N) is 1. The SMILES string of the molecule is C[C@@H](N)c1cnc(Cl)c(F)c1.Cl. The third-order valence-corrected chi connectivity index (χ3v) is 1.62. The van der Waals surface area contributed by atoms with Gasteiger partial charge in [0.15, 0.2) is 11.0 Å². The normalized spacial score (nSPS) is 12.0. The number of hydrogen-bond donors (Lipinski definition) is 1. The first-order chi connectivity index (χ1) is 5.11. The van der Waals surface area contributed by atoms with Gasteiger partial charge in [-0.3, -0.25) is 0 Å². The van der Waals surface area contributed by atoms with Gasteiger partial charge in [-0.25, -0.2) is 9.37 Å². The second-order valence-electron chi connectivity index (χ2n) is 2.33. The van der Waals surface area contributed by atoms with E-state index in [9.17, 15) is 4.39 Å². The zero-order valence-corrected chi connectivity index (χ0v) is 7.99. The summed E-state index contributed by atoms with van der Waals surface area (Å²) in [7, 11) is 0. The van der Waals surface area contributed by atoms with Crippen LogP contribution in [0.1, 0.15) is 18.5 Å². The highest BCUT2D eigenvalue weighted by Gasteiger charge is 2.04. The van der Waals surface area contributed by atoms with Crippen molar-refractivity contribution >= 4 is 24.0 Å². The van der Waals surface area contributed by atoms with E-state index in [1.54, 1.807) is 6.92 Å². The molecular formula is C7H9Cl2FN2. The lowest BCUT2D eigenvalue weighted by atomic mass is 10.2. The van der Waals surface area contributed by atoms with Crippen molar-refractivity contribution in [2.75, 3.05) is 0 Å². The van der Waals surface area contributed by atoms with E-state index in [2.05, 4.69) is 4.98 Å². The molecule has 1 aromatic rings. The Kier molecular flexibility index (Phi) is 4.45. The Hall–Kier alpha value is -0.380. The van der Waals surface area contributed by atoms with Crippen molar-refractivity contribution < 1.29 is 4.39 Å². The maximum Gasteiger partial charge on any atom is 0.164 e. The van der Waals surface area contributed by atoms with Crippen LogP contribution >= 0.6 is 24.0 Å². The third-order valence-electron chi connectivity index (χ3n) is 1.34. The van der Waals surface area contributed by atoms with Crippen LogP contribution in [-0.2, 0) is 0 Å². The lowest BCUT2D eigenvalue weighted by molar-refractivity contribution is 0.615. The fourth-order valence-corrected chi connectivity index (χ4v) is 0.788. The van der Waals surface area contributed by atoms with Crippen LogP contribution in [0.25, 0.3) is 0 Å². The van der Waals surface area contributed by atoms with Gasteiger partial charge in [-0.05, 0) is 18.6 Å². The first kappa shape index (κ1) is 11.6. The summed E-state index contributed by atoms with van der Waals surface area (Å²) < 4.78 is 12.7. The number of nitrogens with two attached hydrogens (primary N) is 1. The van der Waals surface area contributed by atoms with Gasteiger partial charge in [0.25, 0.3) is 0 Å². The van der Waals surface area contributed by atoms with E-state index in [4.69, 9.17) is 17.3 Å². The minimum Gasteiger partial charge on any atom is -0.324 e. The minimum absolute atomic E-state index is 0. The Morgan fingerprint density at radius 1 is 1.67 bits per heavy atom. The number of halogens is 3. The van der Waals surface area contributed by atoms with Gasteiger partial charge in [-0.15, -0.1) is 12.4 Å². The lowest BCUT2D eigenvalue weighted by Gasteiger charge is -2.04. The molecule has 12 heavy (non-hydrogen) atoms. The van der Waals surface area contributed by atoms with E-state index >= 15 is 0 Å². The van der Waals surface area contributed by atoms with Crippen LogP contribution < -0.4 is 5.73 Å². The minimum atomic E-state index is -0.526. The quantitative estimate of drug-likeness (QED) is 0.724. The topological polar surface area (TPSA) is 38.9 Å². The molecule has 0 aromatic carbocycles. The molecule has 0 amide bonds. The molecule has 0 fully saturated rings. The van der Waals surface area contributed by atoms with Gasteiger partial charge >= 0.3 is 0 Å². The molecule has 0 radical (unpaired) electrons. The summed E-state index contributed by atoms with van der Waals surface area (Å²) in [5, 5.41) is -0.116. The number of rotatable bonds is 1. The molecule has 1 aromatic heterocycles. The number of aromatic nitrogens is 1. The molecule has 0 aliphatic carbocycles. The van der Waals surface area contributed by atoms with Gasteiger partial charge in [-0.1, -0.05) is 11.6 Å². The van der Waals surface area contributed by atoms with Crippen molar-refractivity contribution in [1.29, 1.82) is 0 Å². The molecule has 5 heteroatoms. The summed E-state index contributed by atoms with van der Waals surface area (Å²) in [6, 6.07) is 1.08. The highest BCUT2D eigenvalue weighted by molar-refractivity contribution is 6.29. The van der Waals surface area contributed by atoms with E-state index in [0.717, 1.165) is 0 Å². The Morgan fingerprint density at radius 3 is 2.67 bits per heavy atom. The Balaban J connectivity index is 0.00000121. The van der Waals surface area contributed by atoms with Crippen LogP contribution in [0.5, 0.6) is 0 Å². The molecule has 0 saturated carbocycles. The van der Waals surface area contributed by atoms with Gasteiger partial charge in [0, 0.05) is 12.2 Å². The first-order valence-electron chi connectivity index (χ1n) is 3.18. The number of pyridine rings is 1. The van der Waals surface area contributed by atoms with Gasteiger partial charge in [-0.2, -0.15) is 0 Å². The van der Waals surface area contributed by atoms with Crippen molar-refractivity contribution in [3.05, 3.63) is 28.8 Å². The van der Waals surface area contributed by atoms with Crippen LogP contribution in [0.4, 0.5) is 4.39 Å². The molecule has 2 nitrogen and oxygen atoms in total. The molecule has 0 bridgehead atoms. The largest absolute Gasteiger partial charge is 0.324 e. The van der Waals surface area contributed by atoms with Crippen LogP contribution in [0.3, 0.4) is 0 Å². The average Bonchev–Trinajstić information content (AvgIpc) is 1.94. The molecule has 68 valence electrons. The average molecular weight is 211 g/mol. The summed E-state index contributed by atoms with van der Waals surface area (Å²) in [5.74, 6) is -0.526. The Labute approximate surface area is 81.3 Å². The smallest absolute Gasteiger partial charge is 0.164 e. The van der Waals surface area contributed by atoms with Crippen molar-refractivity contribution in [3.8, 4) is 0 Å². The van der Waals surface area contributed by atoms with Crippen molar-refractivity contribution in [2.45, 2.75) is 13.0 Å². The molecule has 1 heterocycles. The molecule has 0 spiro atoms. The first-order valence-corrected chi connectivity index (χ1v) is 3.55. The van der Waals surface area contributed by atoms with E-state index in [-0.39, 0.29) is 23.6 Å². The Morgan fingerprint density at radius 2 is 2.25 bits per heavy atom. The maximum absolute atomic E-state index is 12.7. The lowest BCUT2D eigenvalue weighted by Crippen LogP contribution is -2.05. The fourth-order valence-electron chi connectivity index (χ4n) is 0.685. The Bertz CT molecular complexity index is 266. The van der Waals surface area contributed by atoms with Crippen molar-refractivity contribution in [1.82, 2.24) is 4.98 Å². The number of hydrogen-bond acceptors (Lipinski definition) is 2. The van der Waals surface area contributed by atoms with E-state index in [0.29, 0.717) is 5.56 Å². The monoisotopic (exact) mass is 210 g/mol. The highest BCUT2D eigenvalue weighted by atomic mass is 35.5. The van der Waals surface area contributed by atoms with Crippen molar-refractivity contribution in [3.63, 3.8) is 0 Å². The van der Waals surface area contributed by atoms with Crippen LogP contribution in [0, 0.1) is 5.82 Å². The van der Waals surface area contributed by atoms with E-state index in [1.165, 1.54) is 12.3 Å². The summed E-state index contributed by atoms with van der Waals surface area (Å²) in [6.45, 7) is 1.75. The predicted molar refractivity (Wildman–Crippen MR) is 49.1 cm³/mol. The molecule has 1 rings (SSSR count). The van der Waals surface area contributed by atoms with Gasteiger partial charge in [0.2, 0.25) is 0 Å². The van der Waals surface area contributed by atoms with Gasteiger partial charge in [0.1, 0.15) is 0 Å². The summed E-state index contributed by atoms with van der Waals surface area (Å²) in [6.07, 6.45) is 1.47. The second kappa shape index (κ2) is 4.60. The molecule has 1 atom stereocenters. The van der Waals surface area contributed by atoms with Crippen LogP contribution in [0.15, 0.2) is 12.3 Å². The summed E-state index contributed by atoms with van der Waals surface area (Å²) in [5.41, 5.74) is 6.13. The fraction of sp³-hybridized carbons (Fsp3) is 0.286. The van der Waals surface area contributed by atoms with E-state index in [1.807, 2.05) is 0 Å². The van der Waals surface area contributed by atoms with E-state index < -0.39 is 5.82 Å². The predicted octanol–water partition coefficient (Wildman–Crippen LogP) is 2.32. The molecule has 0 saturated heterocycles. The third kappa shape index (κ3) is 2.59. The summed E-state index contributed by atoms with van der Waals surface area (Å²) in [4.78, 5) is 3.61. The highest BCUT2D eigenvalue weighted by Crippen LogP contribution is 2.15. The van der Waals surface area contributed by atoms with Crippen molar-refractivity contribution in [2.24, 2.45) is 5.73 Å². The van der Waals surface area contributed by atoms with Gasteiger partial charge in [0.05, 0.1) is 0 Å². The molecule has 0 aliphatic rings. The standard InChI is InChI=1S/C7H8ClFN2.ClH/c1-4(10)5-2-6(9)7(8)11-3-5;/h2-4H,10H2,1H3;1H/t4-;/m1./s1. The zero-order valence-electron chi connectivity index (χ0n) is 6.42. The second-order valence-corrected chi connectivity index (χ2v) is 2.69. The maximum atomic E-state index is 12.7. The molecule has 0 unspecified atom stereocenters. The molecule has 2 N–H and O–H groups in total.